The van der Waals surface area contributed by atoms with Crippen molar-refractivity contribution < 1.29 is 9.59 Å². The Balaban J connectivity index is 2.53. The first-order valence-corrected chi connectivity index (χ1v) is 4.43. The number of fused-ring (bicyclic) bond motifs is 1. The molecule has 1 heterocycles. The minimum absolute atomic E-state index is 0.331. The second-order valence-electron chi connectivity index (χ2n) is 2.80. The summed E-state index contributed by atoms with van der Waals surface area (Å²) in [4.78, 5) is 24.2. The Bertz CT molecular complexity index is 405. The second-order valence-corrected chi connectivity index (χ2v) is 3.05. The van der Waals surface area contributed by atoms with E-state index in [1.807, 2.05) is 0 Å². The average molecular weight is 208 g/mol. The molecule has 0 fully saturated rings. The van der Waals surface area contributed by atoms with E-state index in [-0.39, 0.29) is 11.8 Å². The summed E-state index contributed by atoms with van der Waals surface area (Å²) in [5.41, 5.74) is 1.99. The lowest BCUT2D eigenvalue weighted by Gasteiger charge is -2.04. The molecule has 3 nitrogen and oxygen atoms in total. The molecule has 1 aromatic rings. The third-order valence-electron chi connectivity index (χ3n) is 2.03. The quantitative estimate of drug-likeness (QED) is 0.661. The Labute approximate surface area is 85.6 Å². The van der Waals surface area contributed by atoms with E-state index in [2.05, 4.69) is 0 Å². The Kier molecular flexibility index (Phi) is 2.09. The number of carbonyl (C=O) groups is 2. The van der Waals surface area contributed by atoms with E-state index >= 15 is 0 Å². The lowest BCUT2D eigenvalue weighted by atomic mass is 10.1. The number of rotatable bonds is 1. The fourth-order valence-electron chi connectivity index (χ4n) is 1.40. The monoisotopic (exact) mass is 207 g/mol. The lowest BCUT2D eigenvalue weighted by Crippen LogP contribution is -2.23. The van der Waals surface area contributed by atoms with Crippen LogP contribution < -0.4 is 0 Å². The molecule has 0 saturated carbocycles. The van der Waals surface area contributed by atoms with Gasteiger partial charge in [0.15, 0.2) is 0 Å². The van der Waals surface area contributed by atoms with Gasteiger partial charge in [-0.3, -0.25) is 9.59 Å². The van der Waals surface area contributed by atoms with Crippen molar-refractivity contribution in [2.75, 3.05) is 0 Å². The van der Waals surface area contributed by atoms with Crippen LogP contribution in [0.1, 0.15) is 20.7 Å². The molecule has 14 heavy (non-hydrogen) atoms. The van der Waals surface area contributed by atoms with Crippen molar-refractivity contribution in [3.05, 3.63) is 47.1 Å². The highest BCUT2D eigenvalue weighted by atomic mass is 35.5. The van der Waals surface area contributed by atoms with Crippen molar-refractivity contribution in [1.29, 1.82) is 0 Å². The maximum absolute atomic E-state index is 11.6. The van der Waals surface area contributed by atoms with Gasteiger partial charge in [-0.15, -0.1) is 0 Å². The normalized spacial score (nSPS) is 15.4. The topological polar surface area (TPSA) is 37.4 Å². The zero-order valence-electron chi connectivity index (χ0n) is 7.11. The van der Waals surface area contributed by atoms with Crippen LogP contribution in [-0.4, -0.2) is 16.7 Å². The van der Waals surface area contributed by atoms with E-state index in [9.17, 15) is 9.59 Å². The first kappa shape index (κ1) is 8.97. The van der Waals surface area contributed by atoms with Crippen LogP contribution in [-0.2, 0) is 0 Å². The summed E-state index contributed by atoms with van der Waals surface area (Å²) < 4.78 is 0. The number of halogens is 1. The predicted octanol–water partition coefficient (Wildman–Crippen LogP) is 1.99. The van der Waals surface area contributed by atoms with Crippen molar-refractivity contribution in [1.82, 2.24) is 4.90 Å². The standard InChI is InChI=1S/C10H6ClNO2/c11-5-6-12-9(13)7-3-1-2-4-8(7)10(12)14/h1-6H/b6-5+. The molecule has 0 atom stereocenters. The van der Waals surface area contributed by atoms with Gasteiger partial charge in [0.1, 0.15) is 0 Å². The third-order valence-corrected chi connectivity index (χ3v) is 2.14. The van der Waals surface area contributed by atoms with Gasteiger partial charge in [0, 0.05) is 11.7 Å². The Hall–Kier alpha value is -1.61. The molecule has 0 saturated heterocycles. The Morgan fingerprint density at radius 2 is 1.57 bits per heavy atom. The lowest BCUT2D eigenvalue weighted by molar-refractivity contribution is 0.0722. The van der Waals surface area contributed by atoms with Crippen LogP contribution in [0.15, 0.2) is 36.0 Å². The van der Waals surface area contributed by atoms with Crippen molar-refractivity contribution in [2.24, 2.45) is 0 Å². The van der Waals surface area contributed by atoms with Crippen molar-refractivity contribution >= 4 is 23.4 Å². The van der Waals surface area contributed by atoms with Gasteiger partial charge in [-0.2, -0.15) is 0 Å². The first-order chi connectivity index (χ1) is 6.75. The van der Waals surface area contributed by atoms with Gasteiger partial charge < -0.3 is 0 Å². The number of hydrogen-bond donors (Lipinski definition) is 0. The van der Waals surface area contributed by atoms with Crippen molar-refractivity contribution in [2.45, 2.75) is 0 Å². The summed E-state index contributed by atoms with van der Waals surface area (Å²) in [6, 6.07) is 6.69. The van der Waals surface area contributed by atoms with Crippen molar-refractivity contribution in [3.63, 3.8) is 0 Å². The molecule has 0 spiro atoms. The third kappa shape index (κ3) is 1.14. The van der Waals surface area contributed by atoms with Crippen LogP contribution in [0, 0.1) is 0 Å². The molecule has 1 aromatic carbocycles. The summed E-state index contributed by atoms with van der Waals surface area (Å²) in [7, 11) is 0. The Morgan fingerprint density at radius 1 is 1.07 bits per heavy atom. The van der Waals surface area contributed by atoms with E-state index < -0.39 is 0 Å². The van der Waals surface area contributed by atoms with Gasteiger partial charge in [0.2, 0.25) is 0 Å². The molecule has 0 radical (unpaired) electrons. The predicted molar refractivity (Wildman–Crippen MR) is 51.9 cm³/mol. The van der Waals surface area contributed by atoms with Gasteiger partial charge in [-0.05, 0) is 12.1 Å². The van der Waals surface area contributed by atoms with E-state index in [1.165, 1.54) is 6.20 Å². The largest absolute Gasteiger partial charge is 0.268 e. The fourth-order valence-corrected chi connectivity index (χ4v) is 1.51. The number of carbonyl (C=O) groups excluding carboxylic acids is 2. The highest BCUT2D eigenvalue weighted by Crippen LogP contribution is 2.22. The number of amides is 2. The molecule has 2 amide bonds. The summed E-state index contributed by atoms with van der Waals surface area (Å²) in [6.45, 7) is 0. The van der Waals surface area contributed by atoms with Crippen LogP contribution in [0.25, 0.3) is 0 Å². The minimum Gasteiger partial charge on any atom is -0.268 e. The minimum atomic E-state index is -0.331. The van der Waals surface area contributed by atoms with Gasteiger partial charge in [0.05, 0.1) is 11.1 Å². The number of nitrogens with zero attached hydrogens (tertiary/aromatic N) is 1. The molecule has 0 unspecified atom stereocenters. The first-order valence-electron chi connectivity index (χ1n) is 3.99. The van der Waals surface area contributed by atoms with E-state index in [0.717, 1.165) is 10.4 Å². The van der Waals surface area contributed by atoms with Gasteiger partial charge in [-0.25, -0.2) is 4.90 Å². The highest BCUT2D eigenvalue weighted by Gasteiger charge is 2.33. The van der Waals surface area contributed by atoms with Gasteiger partial charge in [0.25, 0.3) is 11.8 Å². The van der Waals surface area contributed by atoms with E-state index in [1.54, 1.807) is 24.3 Å². The zero-order valence-corrected chi connectivity index (χ0v) is 7.86. The molecule has 0 bridgehead atoms. The SMILES string of the molecule is O=C1c2ccccc2C(=O)N1/C=C/Cl. The van der Waals surface area contributed by atoms with Crippen molar-refractivity contribution in [3.8, 4) is 0 Å². The second kappa shape index (κ2) is 3.27. The molecule has 2 rings (SSSR count). The zero-order chi connectivity index (χ0) is 10.1. The molecular weight excluding hydrogens is 202 g/mol. The molecule has 0 N–H and O–H groups in total. The molecule has 1 aliphatic heterocycles. The van der Waals surface area contributed by atoms with E-state index in [4.69, 9.17) is 11.6 Å². The molecule has 0 aliphatic carbocycles. The van der Waals surface area contributed by atoms with Crippen LogP contribution in [0.2, 0.25) is 0 Å². The van der Waals surface area contributed by atoms with Crippen LogP contribution >= 0.6 is 11.6 Å². The van der Waals surface area contributed by atoms with Crippen LogP contribution in [0.4, 0.5) is 0 Å². The average Bonchev–Trinajstić information content (AvgIpc) is 2.45. The molecule has 70 valence electrons. The molecule has 0 aromatic heterocycles. The summed E-state index contributed by atoms with van der Waals surface area (Å²) in [6.07, 6.45) is 1.26. The highest BCUT2D eigenvalue weighted by molar-refractivity contribution is 6.26. The molecule has 1 aliphatic rings. The Morgan fingerprint density at radius 3 is 2.00 bits per heavy atom. The van der Waals surface area contributed by atoms with Crippen LogP contribution in [0.3, 0.4) is 0 Å². The molecule has 4 heteroatoms. The van der Waals surface area contributed by atoms with Crippen LogP contribution in [0.5, 0.6) is 0 Å². The maximum Gasteiger partial charge on any atom is 0.265 e. The number of hydrogen-bond acceptors (Lipinski definition) is 2. The number of benzene rings is 1. The fraction of sp³-hybridized carbons (Fsp3) is 0. The summed E-state index contributed by atoms with van der Waals surface area (Å²) in [5.74, 6) is -0.662. The summed E-state index contributed by atoms with van der Waals surface area (Å²) >= 11 is 5.33. The van der Waals surface area contributed by atoms with Gasteiger partial charge >= 0.3 is 0 Å². The van der Waals surface area contributed by atoms with E-state index in [0.29, 0.717) is 11.1 Å². The summed E-state index contributed by atoms with van der Waals surface area (Å²) in [5, 5.41) is 0. The number of imide groups is 1. The smallest absolute Gasteiger partial charge is 0.265 e. The maximum atomic E-state index is 11.6. The van der Waals surface area contributed by atoms with Gasteiger partial charge in [-0.1, -0.05) is 23.7 Å². The molecular formula is C10H6ClNO2.